The van der Waals surface area contributed by atoms with E-state index in [9.17, 15) is 4.79 Å². The van der Waals surface area contributed by atoms with Crippen LogP contribution in [0.1, 0.15) is 18.4 Å². The first-order chi connectivity index (χ1) is 8.16. The van der Waals surface area contributed by atoms with Gasteiger partial charge in [-0.3, -0.25) is 4.79 Å². The third-order valence-corrected chi connectivity index (χ3v) is 3.78. The highest BCUT2D eigenvalue weighted by Crippen LogP contribution is 2.19. The molecule has 1 aliphatic rings. The van der Waals surface area contributed by atoms with Gasteiger partial charge in [-0.2, -0.15) is 0 Å². The highest BCUT2D eigenvalue weighted by Gasteiger charge is 2.21. The number of aryl methyl sites for hydroxylation is 1. The normalized spacial score (nSPS) is 18.9. The van der Waals surface area contributed by atoms with Crippen molar-refractivity contribution in [3.05, 3.63) is 27.3 Å². The summed E-state index contributed by atoms with van der Waals surface area (Å²) in [6.45, 7) is 3.86. The molecular weight excluding hydrogens is 363 g/mol. The van der Waals surface area contributed by atoms with E-state index in [0.29, 0.717) is 0 Å². The summed E-state index contributed by atoms with van der Waals surface area (Å²) in [7, 11) is 0. The first-order valence-electron chi connectivity index (χ1n) is 5.94. The van der Waals surface area contributed by atoms with Gasteiger partial charge in [-0.15, -0.1) is 12.4 Å². The predicted octanol–water partition coefficient (Wildman–Crippen LogP) is 2.96. The minimum Gasteiger partial charge on any atom is -0.326 e. The van der Waals surface area contributed by atoms with Gasteiger partial charge < -0.3 is 10.6 Å². The number of piperidine rings is 1. The number of nitrogens with one attached hydrogen (secondary N) is 2. The Bertz CT molecular complexity index is 419. The molecule has 0 radical (unpaired) electrons. The summed E-state index contributed by atoms with van der Waals surface area (Å²) >= 11 is 2.28. The molecule has 1 saturated heterocycles. The molecule has 1 heterocycles. The average molecular weight is 381 g/mol. The van der Waals surface area contributed by atoms with E-state index in [1.807, 2.05) is 19.1 Å². The standard InChI is InChI=1S/C13H17IN2O.ClH/c1-9-7-11(14)4-5-12(9)16-13(17)10-3-2-6-15-8-10;/h4-5,7,10,15H,2-3,6,8H2,1H3,(H,16,17);1H/t10-;/m1./s1. The summed E-state index contributed by atoms with van der Waals surface area (Å²) in [6.07, 6.45) is 2.08. The topological polar surface area (TPSA) is 41.1 Å². The summed E-state index contributed by atoms with van der Waals surface area (Å²) in [5.41, 5.74) is 2.05. The Kier molecular flexibility index (Phi) is 6.38. The maximum atomic E-state index is 12.1. The van der Waals surface area contributed by atoms with Crippen molar-refractivity contribution in [3.8, 4) is 0 Å². The van der Waals surface area contributed by atoms with Crippen molar-refractivity contribution in [3.63, 3.8) is 0 Å². The number of carbonyl (C=O) groups is 1. The largest absolute Gasteiger partial charge is 0.326 e. The summed E-state index contributed by atoms with van der Waals surface area (Å²) in [6, 6.07) is 6.07. The van der Waals surface area contributed by atoms with Crippen LogP contribution in [0.15, 0.2) is 18.2 Å². The molecule has 100 valence electrons. The van der Waals surface area contributed by atoms with E-state index < -0.39 is 0 Å². The van der Waals surface area contributed by atoms with Crippen molar-refractivity contribution < 1.29 is 4.79 Å². The van der Waals surface area contributed by atoms with Gasteiger partial charge in [0, 0.05) is 15.8 Å². The van der Waals surface area contributed by atoms with Crippen LogP contribution in [0.25, 0.3) is 0 Å². The zero-order valence-corrected chi connectivity index (χ0v) is 13.3. The quantitative estimate of drug-likeness (QED) is 0.775. The van der Waals surface area contributed by atoms with Gasteiger partial charge in [-0.1, -0.05) is 0 Å². The molecule has 0 bridgehead atoms. The Morgan fingerprint density at radius 3 is 2.89 bits per heavy atom. The monoisotopic (exact) mass is 380 g/mol. The highest BCUT2D eigenvalue weighted by atomic mass is 127. The second-order valence-electron chi connectivity index (χ2n) is 4.49. The fraction of sp³-hybridized carbons (Fsp3) is 0.462. The van der Waals surface area contributed by atoms with Gasteiger partial charge >= 0.3 is 0 Å². The second kappa shape index (κ2) is 7.31. The van der Waals surface area contributed by atoms with Gasteiger partial charge in [0.2, 0.25) is 5.91 Å². The van der Waals surface area contributed by atoms with Crippen LogP contribution in [0, 0.1) is 16.4 Å². The predicted molar refractivity (Wildman–Crippen MR) is 85.4 cm³/mol. The molecule has 1 atom stereocenters. The molecule has 0 unspecified atom stereocenters. The number of hydrogen-bond acceptors (Lipinski definition) is 2. The van der Waals surface area contributed by atoms with Crippen molar-refractivity contribution >= 4 is 46.6 Å². The molecule has 1 aromatic rings. The van der Waals surface area contributed by atoms with E-state index in [2.05, 4.69) is 39.3 Å². The van der Waals surface area contributed by atoms with Crippen molar-refractivity contribution in [1.82, 2.24) is 5.32 Å². The average Bonchev–Trinajstić information content (AvgIpc) is 2.34. The number of benzene rings is 1. The Labute approximate surface area is 128 Å². The van der Waals surface area contributed by atoms with Gasteiger partial charge in [0.25, 0.3) is 0 Å². The third-order valence-electron chi connectivity index (χ3n) is 3.11. The maximum absolute atomic E-state index is 12.1. The first-order valence-corrected chi connectivity index (χ1v) is 7.02. The van der Waals surface area contributed by atoms with E-state index in [1.54, 1.807) is 0 Å². The van der Waals surface area contributed by atoms with Crippen LogP contribution in [0.5, 0.6) is 0 Å². The van der Waals surface area contributed by atoms with Gasteiger partial charge in [0.05, 0.1) is 5.92 Å². The summed E-state index contributed by atoms with van der Waals surface area (Å²) in [5.74, 6) is 0.254. The molecule has 2 N–H and O–H groups in total. The number of carbonyl (C=O) groups excluding carboxylic acids is 1. The SMILES string of the molecule is Cc1cc(I)ccc1NC(=O)[C@@H]1CCCNC1.Cl. The molecule has 0 saturated carbocycles. The lowest BCUT2D eigenvalue weighted by molar-refractivity contribution is -0.120. The van der Waals surface area contributed by atoms with Crippen LogP contribution in [-0.4, -0.2) is 19.0 Å². The molecule has 1 aliphatic heterocycles. The lowest BCUT2D eigenvalue weighted by Gasteiger charge is -2.22. The van der Waals surface area contributed by atoms with Crippen LogP contribution in [0.4, 0.5) is 5.69 Å². The van der Waals surface area contributed by atoms with Crippen molar-refractivity contribution in [2.24, 2.45) is 5.92 Å². The Morgan fingerprint density at radius 1 is 1.50 bits per heavy atom. The van der Waals surface area contributed by atoms with E-state index in [0.717, 1.165) is 37.2 Å². The first kappa shape index (κ1) is 15.7. The number of halogens is 2. The maximum Gasteiger partial charge on any atom is 0.228 e. The molecule has 0 aromatic heterocycles. The molecule has 5 heteroatoms. The lowest BCUT2D eigenvalue weighted by Crippen LogP contribution is -2.37. The molecular formula is C13H18ClIN2O. The molecule has 18 heavy (non-hydrogen) atoms. The zero-order valence-electron chi connectivity index (χ0n) is 10.3. The van der Waals surface area contributed by atoms with E-state index in [1.165, 1.54) is 3.57 Å². The molecule has 0 aliphatic carbocycles. The van der Waals surface area contributed by atoms with Crippen LogP contribution >= 0.6 is 35.0 Å². The van der Waals surface area contributed by atoms with Gasteiger partial charge in [-0.05, 0) is 72.7 Å². The van der Waals surface area contributed by atoms with Crippen molar-refractivity contribution in [2.75, 3.05) is 18.4 Å². The molecule has 1 fully saturated rings. The molecule has 0 spiro atoms. The number of anilines is 1. The molecule has 1 amide bonds. The molecule has 3 nitrogen and oxygen atoms in total. The Morgan fingerprint density at radius 2 is 2.28 bits per heavy atom. The van der Waals surface area contributed by atoms with E-state index >= 15 is 0 Å². The number of amides is 1. The lowest BCUT2D eigenvalue weighted by atomic mass is 9.98. The van der Waals surface area contributed by atoms with Crippen LogP contribution in [-0.2, 0) is 4.79 Å². The van der Waals surface area contributed by atoms with Gasteiger partial charge in [-0.25, -0.2) is 0 Å². The second-order valence-corrected chi connectivity index (χ2v) is 5.74. The van der Waals surface area contributed by atoms with Crippen molar-refractivity contribution in [1.29, 1.82) is 0 Å². The minimum absolute atomic E-state index is 0. The third kappa shape index (κ3) is 4.10. The van der Waals surface area contributed by atoms with Crippen LogP contribution in [0.2, 0.25) is 0 Å². The highest BCUT2D eigenvalue weighted by molar-refractivity contribution is 14.1. The summed E-state index contributed by atoms with van der Waals surface area (Å²) < 4.78 is 1.19. The van der Waals surface area contributed by atoms with Crippen LogP contribution < -0.4 is 10.6 Å². The fourth-order valence-corrected chi connectivity index (χ4v) is 2.72. The molecule has 1 aromatic carbocycles. The Hall–Kier alpha value is -0.330. The number of rotatable bonds is 2. The smallest absolute Gasteiger partial charge is 0.228 e. The summed E-state index contributed by atoms with van der Waals surface area (Å²) in [4.78, 5) is 12.1. The fourth-order valence-electron chi connectivity index (χ4n) is 2.08. The van der Waals surface area contributed by atoms with Crippen molar-refractivity contribution in [2.45, 2.75) is 19.8 Å². The Balaban J connectivity index is 0.00000162. The number of hydrogen-bond donors (Lipinski definition) is 2. The van der Waals surface area contributed by atoms with E-state index in [-0.39, 0.29) is 24.2 Å². The zero-order chi connectivity index (χ0) is 12.3. The van der Waals surface area contributed by atoms with Crippen LogP contribution in [0.3, 0.4) is 0 Å². The van der Waals surface area contributed by atoms with Gasteiger partial charge in [0.1, 0.15) is 0 Å². The van der Waals surface area contributed by atoms with Gasteiger partial charge in [0.15, 0.2) is 0 Å². The summed E-state index contributed by atoms with van der Waals surface area (Å²) in [5, 5.41) is 6.29. The van der Waals surface area contributed by atoms with E-state index in [4.69, 9.17) is 0 Å². The molecule has 2 rings (SSSR count). The minimum atomic E-state index is 0.